The molecule has 2 aromatic carbocycles. The van der Waals surface area contributed by atoms with E-state index in [2.05, 4.69) is 15.9 Å². The summed E-state index contributed by atoms with van der Waals surface area (Å²) in [5, 5.41) is 0. The molecule has 0 aliphatic carbocycles. The van der Waals surface area contributed by atoms with Crippen molar-refractivity contribution in [2.24, 2.45) is 0 Å². The van der Waals surface area contributed by atoms with Gasteiger partial charge in [-0.15, -0.1) is 0 Å². The smallest absolute Gasteiger partial charge is 0.340 e. The third-order valence-electron chi connectivity index (χ3n) is 4.91. The number of allylic oxidation sites excluding steroid dienone is 1. The van der Waals surface area contributed by atoms with E-state index in [1.54, 1.807) is 44.4 Å². The Morgan fingerprint density at radius 3 is 2.19 bits per heavy atom. The zero-order valence-corrected chi connectivity index (χ0v) is 19.4. The summed E-state index contributed by atoms with van der Waals surface area (Å²) in [6.45, 7) is 1.69. The van der Waals surface area contributed by atoms with Crippen LogP contribution in [0.25, 0.3) is 6.08 Å². The molecule has 0 N–H and O–H groups in total. The molecular weight excluding hydrogens is 466 g/mol. The number of carbonyl (C=O) groups is 2. The van der Waals surface area contributed by atoms with Crippen molar-refractivity contribution >= 4 is 39.6 Å². The number of rotatable bonds is 6. The van der Waals surface area contributed by atoms with E-state index in [-0.39, 0.29) is 17.1 Å². The summed E-state index contributed by atoms with van der Waals surface area (Å²) in [6, 6.07) is 10.5. The van der Waals surface area contributed by atoms with Crippen LogP contribution >= 0.6 is 15.9 Å². The first kappa shape index (κ1) is 22.4. The minimum absolute atomic E-state index is 0.185. The van der Waals surface area contributed by atoms with E-state index in [0.29, 0.717) is 34.2 Å². The molecule has 2 aromatic rings. The number of halogens is 1. The van der Waals surface area contributed by atoms with Crippen LogP contribution in [0.2, 0.25) is 0 Å². The second-order valence-electron chi connectivity index (χ2n) is 6.58. The largest absolute Gasteiger partial charge is 0.496 e. The zero-order valence-electron chi connectivity index (χ0n) is 17.8. The summed E-state index contributed by atoms with van der Waals surface area (Å²) in [6.07, 6.45) is 1.63. The van der Waals surface area contributed by atoms with Gasteiger partial charge in [0.25, 0.3) is 5.91 Å². The second kappa shape index (κ2) is 9.26. The zero-order chi connectivity index (χ0) is 22.7. The Kier molecular flexibility index (Phi) is 6.70. The summed E-state index contributed by atoms with van der Waals surface area (Å²) in [7, 11) is 5.87. The maximum Gasteiger partial charge on any atom is 0.340 e. The van der Waals surface area contributed by atoms with Crippen molar-refractivity contribution in [3.8, 4) is 17.2 Å². The Morgan fingerprint density at radius 2 is 1.58 bits per heavy atom. The minimum atomic E-state index is -0.603. The minimum Gasteiger partial charge on any atom is -0.496 e. The Morgan fingerprint density at radius 1 is 0.935 bits per heavy atom. The van der Waals surface area contributed by atoms with E-state index in [1.807, 2.05) is 12.1 Å². The fraction of sp³-hybridized carbons (Fsp3) is 0.217. The molecule has 1 aliphatic rings. The quantitative estimate of drug-likeness (QED) is 0.445. The molecule has 0 unspecified atom stereocenters. The maximum atomic E-state index is 13.5. The summed E-state index contributed by atoms with van der Waals surface area (Å²) < 4.78 is 21.8. The van der Waals surface area contributed by atoms with Gasteiger partial charge in [0.2, 0.25) is 0 Å². The van der Waals surface area contributed by atoms with Gasteiger partial charge in [0.15, 0.2) is 11.5 Å². The normalized spacial score (nSPS) is 14.8. The van der Waals surface area contributed by atoms with Gasteiger partial charge in [0.05, 0.1) is 45.3 Å². The summed E-state index contributed by atoms with van der Waals surface area (Å²) in [5.41, 5.74) is 2.01. The molecule has 3 rings (SSSR count). The van der Waals surface area contributed by atoms with Crippen molar-refractivity contribution in [3.63, 3.8) is 0 Å². The van der Waals surface area contributed by atoms with Crippen LogP contribution in [0.1, 0.15) is 12.5 Å². The van der Waals surface area contributed by atoms with E-state index in [0.717, 1.165) is 4.47 Å². The third-order valence-corrected chi connectivity index (χ3v) is 5.40. The Hall–Kier alpha value is -3.26. The molecule has 162 valence electrons. The molecule has 7 nitrogen and oxygen atoms in total. The fourth-order valence-electron chi connectivity index (χ4n) is 3.43. The number of amides is 1. The third kappa shape index (κ3) is 4.16. The summed E-state index contributed by atoms with van der Waals surface area (Å²) in [4.78, 5) is 27.5. The van der Waals surface area contributed by atoms with E-state index in [4.69, 9.17) is 18.9 Å². The summed E-state index contributed by atoms with van der Waals surface area (Å²) >= 11 is 3.43. The summed E-state index contributed by atoms with van der Waals surface area (Å²) in [5.74, 6) is 0.588. The number of hydrogen-bond donors (Lipinski definition) is 0. The lowest BCUT2D eigenvalue weighted by molar-refractivity contribution is -0.136. The van der Waals surface area contributed by atoms with Crippen LogP contribution in [0.5, 0.6) is 17.2 Å². The first-order chi connectivity index (χ1) is 14.9. The number of esters is 1. The Bertz CT molecular complexity index is 1110. The fourth-order valence-corrected chi connectivity index (χ4v) is 3.81. The lowest BCUT2D eigenvalue weighted by Crippen LogP contribution is -2.24. The molecule has 0 atom stereocenters. The first-order valence-corrected chi connectivity index (χ1v) is 10.1. The second-order valence-corrected chi connectivity index (χ2v) is 7.49. The number of methoxy groups -OCH3 is 4. The molecule has 0 radical (unpaired) electrons. The van der Waals surface area contributed by atoms with Crippen LogP contribution in [0, 0.1) is 0 Å². The van der Waals surface area contributed by atoms with Gasteiger partial charge in [-0.25, -0.2) is 4.79 Å². The van der Waals surface area contributed by atoms with Crippen molar-refractivity contribution in [2.75, 3.05) is 33.3 Å². The van der Waals surface area contributed by atoms with Crippen LogP contribution in [0.3, 0.4) is 0 Å². The SMILES string of the molecule is COC(=O)C1=C(C)N(c2ccc(OC)c(OC)c2)C(=O)C1=Cc1cc(Br)ccc1OC. The topological polar surface area (TPSA) is 74.3 Å². The number of carbonyl (C=O) groups excluding carboxylic acids is 2. The average Bonchev–Trinajstić information content (AvgIpc) is 3.02. The molecule has 1 aliphatic heterocycles. The number of ether oxygens (including phenoxy) is 4. The molecule has 31 heavy (non-hydrogen) atoms. The molecule has 0 bridgehead atoms. The predicted molar refractivity (Wildman–Crippen MR) is 120 cm³/mol. The van der Waals surface area contributed by atoms with Crippen LogP contribution in [0.4, 0.5) is 5.69 Å². The maximum absolute atomic E-state index is 13.5. The van der Waals surface area contributed by atoms with E-state index >= 15 is 0 Å². The van der Waals surface area contributed by atoms with Gasteiger partial charge >= 0.3 is 5.97 Å². The van der Waals surface area contributed by atoms with Gasteiger partial charge in [-0.3, -0.25) is 9.69 Å². The highest BCUT2D eigenvalue weighted by atomic mass is 79.9. The molecule has 0 saturated carbocycles. The van der Waals surface area contributed by atoms with Crippen molar-refractivity contribution in [2.45, 2.75) is 6.92 Å². The average molecular weight is 488 g/mol. The van der Waals surface area contributed by atoms with Crippen LogP contribution in [0.15, 0.2) is 57.7 Å². The lowest BCUT2D eigenvalue weighted by Gasteiger charge is -2.19. The molecule has 1 heterocycles. The standard InChI is InChI=1S/C23H22BrNO6/c1-13-21(23(27)31-5)17(11-14-10-15(24)6-8-18(14)28-2)22(26)25(13)16-7-9-19(29-3)20(12-16)30-4/h6-12H,1-5H3. The van der Waals surface area contributed by atoms with Crippen molar-refractivity contribution in [1.29, 1.82) is 0 Å². The van der Waals surface area contributed by atoms with Gasteiger partial charge in [0.1, 0.15) is 5.75 Å². The van der Waals surface area contributed by atoms with Crippen LogP contribution in [-0.4, -0.2) is 40.3 Å². The van der Waals surface area contributed by atoms with Crippen molar-refractivity contribution < 1.29 is 28.5 Å². The number of anilines is 1. The lowest BCUT2D eigenvalue weighted by atomic mass is 10.0. The molecule has 8 heteroatoms. The molecular formula is C23H22BrNO6. The van der Waals surface area contributed by atoms with Crippen LogP contribution < -0.4 is 19.1 Å². The van der Waals surface area contributed by atoms with Crippen molar-refractivity contribution in [1.82, 2.24) is 0 Å². The van der Waals surface area contributed by atoms with E-state index in [9.17, 15) is 9.59 Å². The molecule has 0 spiro atoms. The first-order valence-electron chi connectivity index (χ1n) is 9.27. The molecule has 0 fully saturated rings. The monoisotopic (exact) mass is 487 g/mol. The highest BCUT2D eigenvalue weighted by molar-refractivity contribution is 9.10. The van der Waals surface area contributed by atoms with Gasteiger partial charge in [-0.2, -0.15) is 0 Å². The highest BCUT2D eigenvalue weighted by Gasteiger charge is 2.38. The van der Waals surface area contributed by atoms with E-state index in [1.165, 1.54) is 26.2 Å². The Labute approximate surface area is 189 Å². The number of benzene rings is 2. The number of hydrogen-bond acceptors (Lipinski definition) is 6. The van der Waals surface area contributed by atoms with Gasteiger partial charge in [-0.05, 0) is 43.3 Å². The van der Waals surface area contributed by atoms with Gasteiger partial charge in [0, 0.05) is 21.8 Å². The van der Waals surface area contributed by atoms with Gasteiger partial charge < -0.3 is 18.9 Å². The number of nitrogens with zero attached hydrogens (tertiary/aromatic N) is 1. The molecule has 0 aromatic heterocycles. The molecule has 0 saturated heterocycles. The van der Waals surface area contributed by atoms with E-state index < -0.39 is 5.97 Å². The highest BCUT2D eigenvalue weighted by Crippen LogP contribution is 2.39. The van der Waals surface area contributed by atoms with Crippen molar-refractivity contribution in [3.05, 3.63) is 63.3 Å². The van der Waals surface area contributed by atoms with Crippen LogP contribution in [-0.2, 0) is 14.3 Å². The Balaban J connectivity index is 2.18. The van der Waals surface area contributed by atoms with Gasteiger partial charge in [-0.1, -0.05) is 15.9 Å². The molecule has 1 amide bonds. The predicted octanol–water partition coefficient (Wildman–Crippen LogP) is 4.35.